The summed E-state index contributed by atoms with van der Waals surface area (Å²) in [5.41, 5.74) is 5.85. The van der Waals surface area contributed by atoms with Crippen molar-refractivity contribution in [1.82, 2.24) is 4.90 Å². The van der Waals surface area contributed by atoms with Gasteiger partial charge in [-0.1, -0.05) is 33.6 Å². The van der Waals surface area contributed by atoms with Gasteiger partial charge in [0, 0.05) is 13.1 Å². The molecule has 0 radical (unpaired) electrons. The molecule has 0 unspecified atom stereocenters. The fourth-order valence-corrected chi connectivity index (χ4v) is 1.86. The van der Waals surface area contributed by atoms with Crippen molar-refractivity contribution in [1.29, 1.82) is 0 Å². The summed E-state index contributed by atoms with van der Waals surface area (Å²) >= 11 is 0. The van der Waals surface area contributed by atoms with Crippen molar-refractivity contribution in [2.45, 2.75) is 52.5 Å². The predicted octanol–water partition coefficient (Wildman–Crippen LogP) is 1.76. The smallest absolute Gasteiger partial charge is 0.240 e. The molecule has 1 amide bonds. The second-order valence-corrected chi connectivity index (χ2v) is 5.58. The van der Waals surface area contributed by atoms with Gasteiger partial charge in [0.1, 0.15) is 0 Å². The largest absolute Gasteiger partial charge is 0.341 e. The average Bonchev–Trinajstić information content (AvgIpc) is 2.42. The van der Waals surface area contributed by atoms with E-state index in [0.717, 1.165) is 25.9 Å². The zero-order valence-corrected chi connectivity index (χ0v) is 10.3. The van der Waals surface area contributed by atoms with Crippen molar-refractivity contribution in [3.8, 4) is 0 Å². The topological polar surface area (TPSA) is 46.3 Å². The molecule has 3 nitrogen and oxygen atoms in total. The Morgan fingerprint density at radius 1 is 1.13 bits per heavy atom. The molecule has 1 aliphatic rings. The Labute approximate surface area is 93.0 Å². The number of nitrogens with zero attached hydrogens (tertiary/aromatic N) is 1. The molecule has 1 heterocycles. The minimum Gasteiger partial charge on any atom is -0.341 e. The van der Waals surface area contributed by atoms with Gasteiger partial charge in [0.05, 0.1) is 6.04 Å². The third-order valence-electron chi connectivity index (χ3n) is 3.12. The Morgan fingerprint density at radius 3 is 2.00 bits per heavy atom. The van der Waals surface area contributed by atoms with Crippen molar-refractivity contribution >= 4 is 5.91 Å². The fourth-order valence-electron chi connectivity index (χ4n) is 1.86. The van der Waals surface area contributed by atoms with E-state index in [4.69, 9.17) is 5.73 Å². The third kappa shape index (κ3) is 3.49. The maximum atomic E-state index is 12.1. The maximum absolute atomic E-state index is 12.1. The zero-order valence-electron chi connectivity index (χ0n) is 10.3. The second-order valence-electron chi connectivity index (χ2n) is 5.58. The van der Waals surface area contributed by atoms with Crippen LogP contribution >= 0.6 is 0 Å². The number of amides is 1. The third-order valence-corrected chi connectivity index (χ3v) is 3.12. The normalized spacial score (nSPS) is 20.9. The number of hydrogen-bond acceptors (Lipinski definition) is 2. The van der Waals surface area contributed by atoms with Gasteiger partial charge >= 0.3 is 0 Å². The molecule has 0 aromatic carbocycles. The molecule has 0 saturated carbocycles. The van der Waals surface area contributed by atoms with Gasteiger partial charge < -0.3 is 10.6 Å². The first-order valence-electron chi connectivity index (χ1n) is 5.97. The lowest BCUT2D eigenvalue weighted by Crippen LogP contribution is -2.50. The van der Waals surface area contributed by atoms with Crippen molar-refractivity contribution in [2.24, 2.45) is 11.1 Å². The van der Waals surface area contributed by atoms with Crippen LogP contribution in [0.1, 0.15) is 46.5 Å². The van der Waals surface area contributed by atoms with Gasteiger partial charge in [-0.15, -0.1) is 0 Å². The number of rotatable bonds is 1. The standard InChI is InChI=1S/C12H24N2O/c1-12(2,3)10(13)11(15)14-8-6-4-5-7-9-14/h10H,4-9,13H2,1-3H3/t10-/m0/s1. The summed E-state index contributed by atoms with van der Waals surface area (Å²) in [6.07, 6.45) is 4.74. The molecule has 1 aliphatic heterocycles. The second kappa shape index (κ2) is 4.97. The van der Waals surface area contributed by atoms with Gasteiger partial charge in [-0.2, -0.15) is 0 Å². The van der Waals surface area contributed by atoms with Crippen LogP contribution in [0.15, 0.2) is 0 Å². The first kappa shape index (κ1) is 12.5. The van der Waals surface area contributed by atoms with Crippen LogP contribution in [0.2, 0.25) is 0 Å². The van der Waals surface area contributed by atoms with Gasteiger partial charge in [-0.05, 0) is 18.3 Å². The van der Waals surface area contributed by atoms with E-state index in [1.807, 2.05) is 25.7 Å². The van der Waals surface area contributed by atoms with Crippen molar-refractivity contribution in [2.75, 3.05) is 13.1 Å². The van der Waals surface area contributed by atoms with Gasteiger partial charge in [0.2, 0.25) is 5.91 Å². The molecule has 0 spiro atoms. The monoisotopic (exact) mass is 212 g/mol. The summed E-state index contributed by atoms with van der Waals surface area (Å²) < 4.78 is 0. The van der Waals surface area contributed by atoms with E-state index >= 15 is 0 Å². The Bertz CT molecular complexity index is 212. The van der Waals surface area contributed by atoms with E-state index in [2.05, 4.69) is 0 Å². The average molecular weight is 212 g/mol. The molecule has 15 heavy (non-hydrogen) atoms. The Balaban J connectivity index is 2.58. The number of likely N-dealkylation sites (tertiary alicyclic amines) is 1. The first-order valence-corrected chi connectivity index (χ1v) is 5.97. The quantitative estimate of drug-likeness (QED) is 0.720. The summed E-state index contributed by atoms with van der Waals surface area (Å²) in [6.45, 7) is 7.85. The van der Waals surface area contributed by atoms with E-state index in [1.165, 1.54) is 12.8 Å². The first-order chi connectivity index (χ1) is 6.93. The molecular weight excluding hydrogens is 188 g/mol. The Hall–Kier alpha value is -0.570. The summed E-state index contributed by atoms with van der Waals surface area (Å²) in [5.74, 6) is 0.129. The van der Waals surface area contributed by atoms with Crippen LogP contribution in [0.5, 0.6) is 0 Å². The molecule has 2 N–H and O–H groups in total. The van der Waals surface area contributed by atoms with E-state index < -0.39 is 0 Å². The highest BCUT2D eigenvalue weighted by molar-refractivity contribution is 5.82. The maximum Gasteiger partial charge on any atom is 0.240 e. The molecule has 0 aliphatic carbocycles. The highest BCUT2D eigenvalue weighted by Crippen LogP contribution is 2.20. The van der Waals surface area contributed by atoms with Gasteiger partial charge in [-0.3, -0.25) is 4.79 Å². The summed E-state index contributed by atoms with van der Waals surface area (Å²) in [4.78, 5) is 14.0. The van der Waals surface area contributed by atoms with E-state index in [0.29, 0.717) is 0 Å². The Morgan fingerprint density at radius 2 is 1.60 bits per heavy atom. The van der Waals surface area contributed by atoms with Gasteiger partial charge in [-0.25, -0.2) is 0 Å². The SMILES string of the molecule is CC(C)(C)[C@@H](N)C(=O)N1CCCCCC1. The van der Waals surface area contributed by atoms with Crippen molar-refractivity contribution in [3.63, 3.8) is 0 Å². The number of hydrogen-bond donors (Lipinski definition) is 1. The molecule has 1 saturated heterocycles. The summed E-state index contributed by atoms with van der Waals surface area (Å²) in [6, 6.07) is -0.365. The molecular formula is C12H24N2O. The lowest BCUT2D eigenvalue weighted by molar-refractivity contribution is -0.134. The van der Waals surface area contributed by atoms with Crippen molar-refractivity contribution in [3.05, 3.63) is 0 Å². The molecule has 3 heteroatoms. The molecule has 88 valence electrons. The van der Waals surface area contributed by atoms with Crippen LogP contribution in [0.4, 0.5) is 0 Å². The molecule has 1 rings (SSSR count). The minimum atomic E-state index is -0.365. The molecule has 1 atom stereocenters. The van der Waals surface area contributed by atoms with Crippen LogP contribution in [0, 0.1) is 5.41 Å². The van der Waals surface area contributed by atoms with Gasteiger partial charge in [0.15, 0.2) is 0 Å². The predicted molar refractivity (Wildman–Crippen MR) is 62.5 cm³/mol. The Kier molecular flexibility index (Phi) is 4.14. The highest BCUT2D eigenvalue weighted by atomic mass is 16.2. The minimum absolute atomic E-state index is 0.129. The summed E-state index contributed by atoms with van der Waals surface area (Å²) in [7, 11) is 0. The van der Waals surface area contributed by atoms with E-state index in [-0.39, 0.29) is 17.4 Å². The molecule has 1 fully saturated rings. The fraction of sp³-hybridized carbons (Fsp3) is 0.917. The van der Waals surface area contributed by atoms with Crippen LogP contribution in [0.25, 0.3) is 0 Å². The number of carbonyl (C=O) groups excluding carboxylic acids is 1. The van der Waals surface area contributed by atoms with E-state index in [1.54, 1.807) is 0 Å². The van der Waals surface area contributed by atoms with E-state index in [9.17, 15) is 4.79 Å². The lowest BCUT2D eigenvalue weighted by atomic mass is 9.86. The number of carbonyl (C=O) groups is 1. The molecule has 0 aromatic heterocycles. The van der Waals surface area contributed by atoms with Crippen molar-refractivity contribution < 1.29 is 4.79 Å². The van der Waals surface area contributed by atoms with Crippen LogP contribution < -0.4 is 5.73 Å². The number of nitrogens with two attached hydrogens (primary N) is 1. The lowest BCUT2D eigenvalue weighted by Gasteiger charge is -2.31. The molecule has 0 aromatic rings. The van der Waals surface area contributed by atoms with Crippen LogP contribution in [-0.2, 0) is 4.79 Å². The van der Waals surface area contributed by atoms with Crippen LogP contribution in [-0.4, -0.2) is 29.9 Å². The summed E-state index contributed by atoms with van der Waals surface area (Å²) in [5, 5.41) is 0. The molecule has 0 bridgehead atoms. The van der Waals surface area contributed by atoms with Crippen LogP contribution in [0.3, 0.4) is 0 Å². The van der Waals surface area contributed by atoms with Gasteiger partial charge in [0.25, 0.3) is 0 Å². The zero-order chi connectivity index (χ0) is 11.5. The highest BCUT2D eigenvalue weighted by Gasteiger charge is 2.30.